The molecule has 0 atom stereocenters. The molecule has 0 saturated carbocycles. The molecular weight excluding hydrogens is 420 g/mol. The molecule has 0 fully saturated rings. The van der Waals surface area contributed by atoms with E-state index in [9.17, 15) is 14.4 Å². The molecule has 0 saturated heterocycles. The number of anilines is 2. The number of nitrogens with two attached hydrogens (primary N) is 1. The first-order valence-electron chi connectivity index (χ1n) is 10.1. The zero-order valence-electron chi connectivity index (χ0n) is 17.5. The summed E-state index contributed by atoms with van der Waals surface area (Å²) in [6.45, 7) is 4.65. The monoisotopic (exact) mass is 444 g/mol. The molecule has 2 heterocycles. The minimum atomic E-state index is -0.700. The molecule has 0 unspecified atom stereocenters. The Hall–Kier alpha value is -3.33. The Kier molecular flexibility index (Phi) is 6.96. The van der Waals surface area contributed by atoms with Crippen molar-refractivity contribution in [2.45, 2.75) is 39.8 Å². The van der Waals surface area contributed by atoms with Crippen molar-refractivity contribution in [3.63, 3.8) is 0 Å². The number of halogens is 1. The second-order valence-electron chi connectivity index (χ2n) is 7.07. The lowest BCUT2D eigenvalue weighted by Crippen LogP contribution is -2.41. The summed E-state index contributed by atoms with van der Waals surface area (Å²) in [5, 5.41) is 4.85. The zero-order chi connectivity index (χ0) is 22.5. The van der Waals surface area contributed by atoms with Gasteiger partial charge < -0.3 is 10.6 Å². The van der Waals surface area contributed by atoms with Crippen molar-refractivity contribution in [2.75, 3.05) is 17.2 Å². The van der Waals surface area contributed by atoms with Crippen molar-refractivity contribution in [2.24, 2.45) is 0 Å². The molecule has 0 radical (unpaired) electrons. The van der Waals surface area contributed by atoms with Gasteiger partial charge in [-0.3, -0.25) is 23.8 Å². The van der Waals surface area contributed by atoms with Gasteiger partial charge in [-0.1, -0.05) is 43.1 Å². The first kappa shape index (κ1) is 22.4. The van der Waals surface area contributed by atoms with Gasteiger partial charge in [0.05, 0.1) is 18.3 Å². The number of nitrogen functional groups attached to an aromatic ring is 1. The van der Waals surface area contributed by atoms with Crippen LogP contribution in [0.1, 0.15) is 42.6 Å². The summed E-state index contributed by atoms with van der Waals surface area (Å²) in [4.78, 5) is 41.4. The zero-order valence-corrected chi connectivity index (χ0v) is 18.2. The lowest BCUT2D eigenvalue weighted by atomic mass is 10.2. The van der Waals surface area contributed by atoms with Gasteiger partial charge in [-0.15, -0.1) is 0 Å². The molecule has 0 spiro atoms. The third-order valence-electron chi connectivity index (χ3n) is 4.95. The van der Waals surface area contributed by atoms with Gasteiger partial charge in [0.2, 0.25) is 0 Å². The summed E-state index contributed by atoms with van der Waals surface area (Å²) in [5.74, 6) is -0.466. The maximum absolute atomic E-state index is 13.2. The Morgan fingerprint density at radius 3 is 2.68 bits per heavy atom. The molecule has 0 aliphatic carbocycles. The number of carbonyl (C=O) groups is 1. The van der Waals surface area contributed by atoms with E-state index in [2.05, 4.69) is 10.1 Å². The van der Waals surface area contributed by atoms with Crippen LogP contribution < -0.4 is 21.9 Å². The highest BCUT2D eigenvalue weighted by Gasteiger charge is 2.25. The van der Waals surface area contributed by atoms with Crippen molar-refractivity contribution in [3.05, 3.63) is 73.6 Å². The van der Waals surface area contributed by atoms with E-state index < -0.39 is 17.2 Å². The van der Waals surface area contributed by atoms with E-state index in [-0.39, 0.29) is 18.1 Å². The summed E-state index contributed by atoms with van der Waals surface area (Å²) in [6.07, 6.45) is 4.58. The van der Waals surface area contributed by atoms with Crippen LogP contribution in [0, 0.1) is 0 Å². The summed E-state index contributed by atoms with van der Waals surface area (Å²) in [5.41, 5.74) is 5.98. The van der Waals surface area contributed by atoms with E-state index in [1.807, 2.05) is 25.1 Å². The van der Waals surface area contributed by atoms with E-state index in [4.69, 9.17) is 17.3 Å². The van der Waals surface area contributed by atoms with E-state index in [0.717, 1.165) is 12.0 Å². The summed E-state index contributed by atoms with van der Waals surface area (Å²) in [7, 11) is 0. The Morgan fingerprint density at radius 1 is 1.26 bits per heavy atom. The number of benzene rings is 1. The van der Waals surface area contributed by atoms with Crippen LogP contribution in [0.5, 0.6) is 0 Å². The molecule has 1 aromatic carbocycles. The predicted molar refractivity (Wildman–Crippen MR) is 121 cm³/mol. The van der Waals surface area contributed by atoms with Gasteiger partial charge in [0.15, 0.2) is 5.69 Å². The second kappa shape index (κ2) is 9.65. The number of nitrogens with zero attached hydrogens (tertiary/aromatic N) is 4. The molecule has 31 heavy (non-hydrogen) atoms. The van der Waals surface area contributed by atoms with Crippen LogP contribution in [0.4, 0.5) is 11.5 Å². The lowest BCUT2D eigenvalue weighted by molar-refractivity contribution is 0.0988. The number of amides is 1. The first-order chi connectivity index (χ1) is 14.9. The van der Waals surface area contributed by atoms with Crippen molar-refractivity contribution in [1.82, 2.24) is 19.3 Å². The highest BCUT2D eigenvalue weighted by Crippen LogP contribution is 2.20. The number of hydrogen-bond acceptors (Lipinski definition) is 5. The van der Waals surface area contributed by atoms with E-state index >= 15 is 0 Å². The average Bonchev–Trinajstić information content (AvgIpc) is 3.20. The molecule has 0 aliphatic heterocycles. The number of nitrogens with one attached hydrogen (secondary N) is 1. The summed E-state index contributed by atoms with van der Waals surface area (Å²) < 4.78 is 2.88. The fourth-order valence-corrected chi connectivity index (χ4v) is 3.49. The largest absolute Gasteiger partial charge is 0.383 e. The van der Waals surface area contributed by atoms with Crippen LogP contribution in [0.2, 0.25) is 5.02 Å². The van der Waals surface area contributed by atoms with E-state index in [1.165, 1.54) is 15.7 Å². The number of carbonyl (C=O) groups excluding carboxylic acids is 1. The van der Waals surface area contributed by atoms with Gasteiger partial charge in [-0.2, -0.15) is 5.10 Å². The minimum Gasteiger partial charge on any atom is -0.383 e. The molecule has 2 aromatic heterocycles. The Labute approximate surface area is 184 Å². The third kappa shape index (κ3) is 4.72. The smallest absolute Gasteiger partial charge is 0.330 e. The molecule has 0 aliphatic rings. The molecule has 3 rings (SSSR count). The van der Waals surface area contributed by atoms with Crippen LogP contribution in [-0.4, -0.2) is 31.8 Å². The van der Waals surface area contributed by atoms with Crippen LogP contribution in [0.25, 0.3) is 0 Å². The van der Waals surface area contributed by atoms with Crippen LogP contribution in [0.15, 0.2) is 46.2 Å². The number of aromatic amines is 1. The molecule has 0 bridgehead atoms. The minimum absolute atomic E-state index is 0.0270. The Balaban J connectivity index is 1.93. The van der Waals surface area contributed by atoms with Crippen molar-refractivity contribution in [1.29, 1.82) is 0 Å². The first-order valence-corrected chi connectivity index (χ1v) is 10.4. The quantitative estimate of drug-likeness (QED) is 0.553. The van der Waals surface area contributed by atoms with Gasteiger partial charge >= 0.3 is 5.69 Å². The van der Waals surface area contributed by atoms with Crippen LogP contribution in [-0.2, 0) is 13.1 Å². The number of unbranched alkanes of at least 4 members (excludes halogenated alkanes) is 1. The summed E-state index contributed by atoms with van der Waals surface area (Å²) in [6, 6.07) is 7.38. The predicted octanol–water partition coefficient (Wildman–Crippen LogP) is 2.48. The maximum atomic E-state index is 13.2. The molecular formula is C21H25ClN6O3. The van der Waals surface area contributed by atoms with E-state index in [0.29, 0.717) is 30.1 Å². The SMILES string of the molecule is CCCCn1c(N)c(N(CC)C(=O)c2cnn(Cc3ccccc3Cl)c2)c(=O)[nH]c1=O. The van der Waals surface area contributed by atoms with Gasteiger partial charge in [0, 0.05) is 24.3 Å². The number of H-pyrrole nitrogens is 1. The molecule has 1 amide bonds. The Bertz CT molecular complexity index is 1200. The Morgan fingerprint density at radius 2 is 2.00 bits per heavy atom. The highest BCUT2D eigenvalue weighted by molar-refractivity contribution is 6.31. The fraction of sp³-hybridized carbons (Fsp3) is 0.333. The standard InChI is InChI=1S/C21H25ClN6O3/c1-3-5-10-28-18(23)17(19(29)25-21(28)31)27(4-2)20(30)15-11-24-26(13-15)12-14-8-6-7-9-16(14)22/h6-9,11,13H,3-5,10,12,23H2,1-2H3,(H,25,29,31). The number of rotatable bonds is 8. The number of aromatic nitrogens is 4. The van der Waals surface area contributed by atoms with Crippen molar-refractivity contribution >= 4 is 29.0 Å². The molecule has 9 nitrogen and oxygen atoms in total. The van der Waals surface area contributed by atoms with Gasteiger partial charge in [0.1, 0.15) is 5.82 Å². The second-order valence-corrected chi connectivity index (χ2v) is 7.47. The summed E-state index contributed by atoms with van der Waals surface area (Å²) >= 11 is 6.20. The van der Waals surface area contributed by atoms with Gasteiger partial charge in [-0.05, 0) is 25.0 Å². The topological polar surface area (TPSA) is 119 Å². The molecule has 164 valence electrons. The average molecular weight is 445 g/mol. The third-order valence-corrected chi connectivity index (χ3v) is 5.32. The molecule has 10 heteroatoms. The highest BCUT2D eigenvalue weighted by atomic mass is 35.5. The normalized spacial score (nSPS) is 10.9. The number of hydrogen-bond donors (Lipinski definition) is 2. The van der Waals surface area contributed by atoms with Crippen LogP contribution >= 0.6 is 11.6 Å². The van der Waals surface area contributed by atoms with Gasteiger partial charge in [0.25, 0.3) is 11.5 Å². The van der Waals surface area contributed by atoms with Crippen molar-refractivity contribution in [3.8, 4) is 0 Å². The fourth-order valence-electron chi connectivity index (χ4n) is 3.30. The maximum Gasteiger partial charge on any atom is 0.330 e. The molecule has 3 aromatic rings. The van der Waals surface area contributed by atoms with Gasteiger partial charge in [-0.25, -0.2) is 4.79 Å². The van der Waals surface area contributed by atoms with E-state index in [1.54, 1.807) is 23.9 Å². The molecule has 3 N–H and O–H groups in total. The lowest BCUT2D eigenvalue weighted by Gasteiger charge is -2.22. The van der Waals surface area contributed by atoms with Crippen molar-refractivity contribution < 1.29 is 4.79 Å². The van der Waals surface area contributed by atoms with Crippen LogP contribution in [0.3, 0.4) is 0 Å².